The molecule has 0 atom stereocenters. The van der Waals surface area contributed by atoms with Gasteiger partial charge in [-0.15, -0.1) is 0 Å². The molecule has 0 saturated carbocycles. The van der Waals surface area contributed by atoms with Gasteiger partial charge in [0.2, 0.25) is 5.89 Å². The maximum Gasteiger partial charge on any atom is 0.234 e. The number of nitrogens with zero attached hydrogens (tertiary/aromatic N) is 1. The summed E-state index contributed by atoms with van der Waals surface area (Å²) in [5, 5.41) is 9.54. The zero-order valence-electron chi connectivity index (χ0n) is 10.9. The van der Waals surface area contributed by atoms with Gasteiger partial charge in [0.15, 0.2) is 11.4 Å². The topological polar surface area (TPSA) is 63.3 Å². The number of hydrogen-bond donors (Lipinski definition) is 1. The summed E-state index contributed by atoms with van der Waals surface area (Å²) in [5.74, 6) is -0.175. The predicted octanol–water partition coefficient (Wildman–Crippen LogP) is 3.32. The molecule has 0 unspecified atom stereocenters. The minimum atomic E-state index is -0.268. The first kappa shape index (κ1) is 12.4. The normalized spacial score (nSPS) is 12.7. The number of ketones is 1. The van der Waals surface area contributed by atoms with Crippen LogP contribution in [0.15, 0.2) is 22.3 Å². The van der Waals surface area contributed by atoms with Crippen molar-refractivity contribution in [2.75, 3.05) is 0 Å². The highest BCUT2D eigenvalue weighted by Gasteiger charge is 2.18. The number of aliphatic hydroxyl groups excluding tert-OH is 1. The Morgan fingerprint density at radius 1 is 1.28 bits per heavy atom. The van der Waals surface area contributed by atoms with Crippen molar-refractivity contribution in [2.45, 2.75) is 27.7 Å². The molecule has 0 aliphatic rings. The van der Waals surface area contributed by atoms with Crippen LogP contribution < -0.4 is 0 Å². The number of hydrogen-bond acceptors (Lipinski definition) is 4. The van der Waals surface area contributed by atoms with E-state index in [1.807, 2.05) is 26.0 Å². The van der Waals surface area contributed by atoms with E-state index in [1.54, 1.807) is 0 Å². The molecule has 2 aromatic rings. The largest absolute Gasteiger partial charge is 0.512 e. The molecule has 2 rings (SSSR count). The number of aromatic nitrogens is 1. The van der Waals surface area contributed by atoms with Gasteiger partial charge in [-0.25, -0.2) is 4.98 Å². The first-order valence-corrected chi connectivity index (χ1v) is 5.69. The van der Waals surface area contributed by atoms with Crippen molar-refractivity contribution in [3.63, 3.8) is 0 Å². The number of carbonyl (C=O) groups excluding carboxylic acids is 1. The number of carbonyl (C=O) groups is 1. The van der Waals surface area contributed by atoms with E-state index >= 15 is 0 Å². The summed E-state index contributed by atoms with van der Waals surface area (Å²) in [6.45, 7) is 6.72. The van der Waals surface area contributed by atoms with Gasteiger partial charge in [0.1, 0.15) is 16.8 Å². The van der Waals surface area contributed by atoms with Crippen LogP contribution in [0.1, 0.15) is 30.9 Å². The van der Waals surface area contributed by atoms with Crippen molar-refractivity contribution in [2.24, 2.45) is 0 Å². The Morgan fingerprint density at radius 2 is 1.94 bits per heavy atom. The van der Waals surface area contributed by atoms with Crippen LogP contribution in [0.5, 0.6) is 0 Å². The Hall–Kier alpha value is -2.10. The summed E-state index contributed by atoms with van der Waals surface area (Å²) in [6, 6.07) is 3.88. The Morgan fingerprint density at radius 3 is 2.50 bits per heavy atom. The smallest absolute Gasteiger partial charge is 0.234 e. The highest BCUT2D eigenvalue weighted by atomic mass is 16.4. The van der Waals surface area contributed by atoms with Crippen LogP contribution in [0.2, 0.25) is 0 Å². The Bertz CT molecular complexity index is 661. The van der Waals surface area contributed by atoms with Crippen molar-refractivity contribution < 1.29 is 14.3 Å². The van der Waals surface area contributed by atoms with E-state index in [1.165, 1.54) is 13.8 Å². The van der Waals surface area contributed by atoms with Crippen molar-refractivity contribution in [3.8, 4) is 0 Å². The molecule has 0 spiro atoms. The SMILES string of the molecule is CC(=O)C(=C(C)O)c1nc2cc(C)cc(C)c2o1. The monoisotopic (exact) mass is 245 g/mol. The lowest BCUT2D eigenvalue weighted by atomic mass is 10.1. The zero-order chi connectivity index (χ0) is 13.4. The summed E-state index contributed by atoms with van der Waals surface area (Å²) in [4.78, 5) is 15.8. The molecule has 0 aliphatic carbocycles. The van der Waals surface area contributed by atoms with Crippen molar-refractivity contribution >= 4 is 22.5 Å². The van der Waals surface area contributed by atoms with Gasteiger partial charge in [-0.05, 0) is 44.9 Å². The molecule has 0 fully saturated rings. The lowest BCUT2D eigenvalue weighted by molar-refractivity contribution is -0.112. The van der Waals surface area contributed by atoms with E-state index in [2.05, 4.69) is 4.98 Å². The molecule has 0 bridgehead atoms. The van der Waals surface area contributed by atoms with Gasteiger partial charge in [0.25, 0.3) is 0 Å². The van der Waals surface area contributed by atoms with E-state index in [0.29, 0.717) is 11.1 Å². The molecule has 1 heterocycles. The second-order valence-corrected chi connectivity index (χ2v) is 4.47. The third-order valence-electron chi connectivity index (χ3n) is 2.75. The zero-order valence-corrected chi connectivity index (χ0v) is 10.9. The summed E-state index contributed by atoms with van der Waals surface area (Å²) >= 11 is 0. The van der Waals surface area contributed by atoms with Crippen LogP contribution in [-0.4, -0.2) is 15.9 Å². The molecule has 1 N–H and O–H groups in total. The van der Waals surface area contributed by atoms with Crippen LogP contribution in [0, 0.1) is 13.8 Å². The summed E-state index contributed by atoms with van der Waals surface area (Å²) in [6.07, 6.45) is 0. The molecule has 0 saturated heterocycles. The molecule has 4 nitrogen and oxygen atoms in total. The average molecular weight is 245 g/mol. The molecule has 18 heavy (non-hydrogen) atoms. The minimum Gasteiger partial charge on any atom is -0.512 e. The molecule has 0 aliphatic heterocycles. The number of rotatable bonds is 2. The minimum absolute atomic E-state index is 0.0802. The van der Waals surface area contributed by atoms with Gasteiger partial charge >= 0.3 is 0 Å². The highest BCUT2D eigenvalue weighted by molar-refractivity contribution is 6.19. The van der Waals surface area contributed by atoms with E-state index in [-0.39, 0.29) is 23.0 Å². The van der Waals surface area contributed by atoms with Crippen molar-refractivity contribution in [3.05, 3.63) is 34.9 Å². The van der Waals surface area contributed by atoms with E-state index in [4.69, 9.17) is 4.42 Å². The number of oxazole rings is 1. The van der Waals surface area contributed by atoms with Crippen LogP contribution in [0.3, 0.4) is 0 Å². The second-order valence-electron chi connectivity index (χ2n) is 4.47. The first-order chi connectivity index (χ1) is 8.40. The first-order valence-electron chi connectivity index (χ1n) is 5.69. The highest BCUT2D eigenvalue weighted by Crippen LogP contribution is 2.26. The number of Topliss-reactive ketones (excluding diaryl/α,β-unsaturated/α-hetero) is 1. The van der Waals surface area contributed by atoms with Gasteiger partial charge < -0.3 is 9.52 Å². The van der Waals surface area contributed by atoms with Gasteiger partial charge in [0.05, 0.1) is 0 Å². The fourth-order valence-corrected chi connectivity index (χ4v) is 2.04. The quantitative estimate of drug-likeness (QED) is 0.651. The van der Waals surface area contributed by atoms with Crippen LogP contribution in [0.4, 0.5) is 0 Å². The van der Waals surface area contributed by atoms with Crippen LogP contribution >= 0.6 is 0 Å². The molecular weight excluding hydrogens is 230 g/mol. The van der Waals surface area contributed by atoms with Crippen LogP contribution in [-0.2, 0) is 4.79 Å². The lowest BCUT2D eigenvalue weighted by Gasteiger charge is -1.98. The Balaban J connectivity index is 2.71. The second kappa shape index (κ2) is 4.29. The molecule has 94 valence electrons. The predicted molar refractivity (Wildman–Crippen MR) is 69.4 cm³/mol. The van der Waals surface area contributed by atoms with E-state index < -0.39 is 0 Å². The third kappa shape index (κ3) is 2.01. The number of allylic oxidation sites excluding steroid dienone is 2. The van der Waals surface area contributed by atoms with Gasteiger partial charge in [-0.2, -0.15) is 0 Å². The summed E-state index contributed by atoms with van der Waals surface area (Å²) in [5.41, 5.74) is 3.51. The fraction of sp³-hybridized carbons (Fsp3) is 0.286. The lowest BCUT2D eigenvalue weighted by Crippen LogP contribution is -1.99. The molecule has 0 amide bonds. The third-order valence-corrected chi connectivity index (χ3v) is 2.75. The number of benzene rings is 1. The number of aryl methyl sites for hydroxylation is 2. The van der Waals surface area contributed by atoms with Gasteiger partial charge in [0, 0.05) is 0 Å². The molecule has 0 radical (unpaired) electrons. The number of aliphatic hydroxyl groups is 1. The molecular formula is C14H15NO3. The Kier molecular flexibility index (Phi) is 2.95. The summed E-state index contributed by atoms with van der Waals surface area (Å²) in [7, 11) is 0. The van der Waals surface area contributed by atoms with Gasteiger partial charge in [-0.1, -0.05) is 6.07 Å². The molecule has 4 heteroatoms. The molecule has 1 aromatic heterocycles. The maximum absolute atomic E-state index is 11.5. The maximum atomic E-state index is 11.5. The van der Waals surface area contributed by atoms with Crippen LogP contribution in [0.25, 0.3) is 16.7 Å². The van der Waals surface area contributed by atoms with Crippen molar-refractivity contribution in [1.82, 2.24) is 4.98 Å². The average Bonchev–Trinajstić information content (AvgIpc) is 2.59. The fourth-order valence-electron chi connectivity index (χ4n) is 2.04. The standard InChI is InChI=1S/C14H15NO3/c1-7-5-8(2)13-11(6-7)15-14(18-13)12(9(3)16)10(4)17/h5-6,16H,1-4H3. The van der Waals surface area contributed by atoms with Gasteiger partial charge in [-0.3, -0.25) is 4.79 Å². The van der Waals surface area contributed by atoms with E-state index in [9.17, 15) is 9.90 Å². The Labute approximate surface area is 105 Å². The number of fused-ring (bicyclic) bond motifs is 1. The molecule has 1 aromatic carbocycles. The van der Waals surface area contributed by atoms with E-state index in [0.717, 1.165) is 11.1 Å². The summed E-state index contributed by atoms with van der Waals surface area (Å²) < 4.78 is 5.59. The van der Waals surface area contributed by atoms with Crippen molar-refractivity contribution in [1.29, 1.82) is 0 Å².